The summed E-state index contributed by atoms with van der Waals surface area (Å²) in [6.07, 6.45) is 3.66. The lowest BCUT2D eigenvalue weighted by Gasteiger charge is -2.34. The molecule has 0 radical (unpaired) electrons. The minimum atomic E-state index is -0.705. The van der Waals surface area contributed by atoms with Crippen LogP contribution in [0.4, 0.5) is 0 Å². The van der Waals surface area contributed by atoms with Gasteiger partial charge in [-0.15, -0.1) is 0 Å². The second kappa shape index (κ2) is 4.73. The first kappa shape index (κ1) is 11.7. The van der Waals surface area contributed by atoms with E-state index in [1.807, 2.05) is 0 Å². The van der Waals surface area contributed by atoms with Crippen LogP contribution in [0.25, 0.3) is 0 Å². The van der Waals surface area contributed by atoms with E-state index in [1.54, 1.807) is 0 Å². The Kier molecular flexibility index (Phi) is 3.08. The van der Waals surface area contributed by atoms with Crippen LogP contribution >= 0.6 is 0 Å². The molecule has 96 valence electrons. The Morgan fingerprint density at radius 2 is 2.06 bits per heavy atom. The highest BCUT2D eigenvalue weighted by molar-refractivity contribution is 5.69. The highest BCUT2D eigenvalue weighted by atomic mass is 16.4. The van der Waals surface area contributed by atoms with Gasteiger partial charge in [-0.3, -0.25) is 9.69 Å². The van der Waals surface area contributed by atoms with Crippen molar-refractivity contribution in [2.75, 3.05) is 19.6 Å². The van der Waals surface area contributed by atoms with E-state index in [9.17, 15) is 4.79 Å². The molecule has 0 saturated heterocycles. The molecule has 18 heavy (non-hydrogen) atoms. The minimum absolute atomic E-state index is 0.190. The van der Waals surface area contributed by atoms with Gasteiger partial charge in [0.05, 0.1) is 6.54 Å². The summed E-state index contributed by atoms with van der Waals surface area (Å²) in [5.41, 5.74) is 2.85. The van der Waals surface area contributed by atoms with Gasteiger partial charge in [0, 0.05) is 19.0 Å². The molecule has 0 aliphatic heterocycles. The average molecular weight is 245 g/mol. The number of carboxylic acids is 1. The Hall–Kier alpha value is -1.35. The molecule has 0 aromatic heterocycles. The summed E-state index contributed by atoms with van der Waals surface area (Å²) < 4.78 is 0. The van der Waals surface area contributed by atoms with Gasteiger partial charge in [-0.05, 0) is 36.3 Å². The fourth-order valence-corrected chi connectivity index (χ4v) is 2.90. The quantitative estimate of drug-likeness (QED) is 0.834. The largest absolute Gasteiger partial charge is 0.480 e. The molecule has 0 amide bonds. The number of nitrogens with zero attached hydrogens (tertiary/aromatic N) is 1. The average Bonchev–Trinajstić information content (AvgIpc) is 3.09. The first-order valence-corrected chi connectivity index (χ1v) is 6.74. The highest BCUT2D eigenvalue weighted by Gasteiger charge is 2.30. The molecule has 2 aliphatic carbocycles. The van der Waals surface area contributed by atoms with Crippen LogP contribution in [0.1, 0.15) is 29.9 Å². The number of benzene rings is 1. The minimum Gasteiger partial charge on any atom is -0.480 e. The summed E-state index contributed by atoms with van der Waals surface area (Å²) in [7, 11) is 0. The summed E-state index contributed by atoms with van der Waals surface area (Å²) in [6.45, 7) is 2.06. The summed E-state index contributed by atoms with van der Waals surface area (Å²) in [6, 6.07) is 8.51. The van der Waals surface area contributed by atoms with Crippen LogP contribution < -0.4 is 0 Å². The lowest BCUT2D eigenvalue weighted by Crippen LogP contribution is -2.38. The molecule has 2 aliphatic rings. The fourth-order valence-electron chi connectivity index (χ4n) is 2.90. The maximum Gasteiger partial charge on any atom is 0.317 e. The maximum atomic E-state index is 10.9. The number of rotatable bonds is 6. The van der Waals surface area contributed by atoms with Crippen molar-refractivity contribution in [3.05, 3.63) is 35.4 Å². The lowest BCUT2D eigenvalue weighted by atomic mass is 9.77. The molecule has 1 aromatic carbocycles. The zero-order valence-electron chi connectivity index (χ0n) is 10.5. The van der Waals surface area contributed by atoms with Crippen molar-refractivity contribution in [1.29, 1.82) is 0 Å². The van der Waals surface area contributed by atoms with Crippen molar-refractivity contribution >= 4 is 5.97 Å². The van der Waals surface area contributed by atoms with Crippen molar-refractivity contribution in [3.63, 3.8) is 0 Å². The van der Waals surface area contributed by atoms with E-state index in [4.69, 9.17) is 5.11 Å². The Morgan fingerprint density at radius 3 is 2.72 bits per heavy atom. The monoisotopic (exact) mass is 245 g/mol. The van der Waals surface area contributed by atoms with Crippen molar-refractivity contribution in [2.24, 2.45) is 5.92 Å². The molecule has 3 nitrogen and oxygen atoms in total. The van der Waals surface area contributed by atoms with E-state index in [0.29, 0.717) is 5.92 Å². The summed E-state index contributed by atoms with van der Waals surface area (Å²) in [5, 5.41) is 8.97. The van der Waals surface area contributed by atoms with Gasteiger partial charge in [0.15, 0.2) is 0 Å². The molecule has 3 rings (SSSR count). The van der Waals surface area contributed by atoms with Crippen LogP contribution in [-0.4, -0.2) is 35.6 Å². The highest BCUT2D eigenvalue weighted by Crippen LogP contribution is 2.36. The van der Waals surface area contributed by atoms with Gasteiger partial charge in [-0.1, -0.05) is 24.3 Å². The first-order chi connectivity index (χ1) is 8.72. The molecule has 1 fully saturated rings. The third-order valence-corrected chi connectivity index (χ3v) is 4.01. The van der Waals surface area contributed by atoms with Crippen molar-refractivity contribution in [1.82, 2.24) is 4.90 Å². The van der Waals surface area contributed by atoms with Crippen molar-refractivity contribution < 1.29 is 9.90 Å². The summed E-state index contributed by atoms with van der Waals surface area (Å²) in [4.78, 5) is 13.0. The van der Waals surface area contributed by atoms with Crippen molar-refractivity contribution in [2.45, 2.75) is 25.2 Å². The zero-order chi connectivity index (χ0) is 12.5. The van der Waals surface area contributed by atoms with Gasteiger partial charge in [-0.25, -0.2) is 0 Å². The van der Waals surface area contributed by atoms with Gasteiger partial charge >= 0.3 is 5.97 Å². The van der Waals surface area contributed by atoms with Crippen molar-refractivity contribution in [3.8, 4) is 0 Å². The van der Waals surface area contributed by atoms with Crippen LogP contribution in [0.15, 0.2) is 24.3 Å². The van der Waals surface area contributed by atoms with Gasteiger partial charge in [-0.2, -0.15) is 0 Å². The van der Waals surface area contributed by atoms with E-state index in [1.165, 1.54) is 24.0 Å². The molecule has 1 unspecified atom stereocenters. The normalized spacial score (nSPS) is 21.5. The molecular formula is C15H19NO2. The topological polar surface area (TPSA) is 40.5 Å². The zero-order valence-corrected chi connectivity index (χ0v) is 10.5. The molecule has 3 heteroatoms. The number of fused-ring (bicyclic) bond motifs is 1. The van der Waals surface area contributed by atoms with Gasteiger partial charge < -0.3 is 5.11 Å². The van der Waals surface area contributed by atoms with Gasteiger partial charge in [0.2, 0.25) is 0 Å². The predicted molar refractivity (Wildman–Crippen MR) is 69.7 cm³/mol. The molecule has 0 bridgehead atoms. The SMILES string of the molecule is O=C(O)CN(CC1CC1)CC1Cc2ccccc21. The molecule has 0 spiro atoms. The van der Waals surface area contributed by atoms with Crippen LogP contribution in [0.5, 0.6) is 0 Å². The Morgan fingerprint density at radius 1 is 1.28 bits per heavy atom. The van der Waals surface area contributed by atoms with Crippen LogP contribution in [-0.2, 0) is 11.2 Å². The van der Waals surface area contributed by atoms with E-state index in [0.717, 1.165) is 25.4 Å². The standard InChI is InChI=1S/C15H19NO2/c17-15(18)10-16(8-11-5-6-11)9-13-7-12-3-1-2-4-14(12)13/h1-4,11,13H,5-10H2,(H,17,18). The van der Waals surface area contributed by atoms with E-state index in [2.05, 4.69) is 29.2 Å². The molecular weight excluding hydrogens is 226 g/mol. The molecule has 1 aromatic rings. The third kappa shape index (κ3) is 2.56. The third-order valence-electron chi connectivity index (χ3n) is 4.01. The van der Waals surface area contributed by atoms with E-state index >= 15 is 0 Å². The molecule has 1 atom stereocenters. The Balaban J connectivity index is 1.61. The summed E-state index contributed by atoms with van der Waals surface area (Å²) >= 11 is 0. The smallest absolute Gasteiger partial charge is 0.317 e. The predicted octanol–water partition coefficient (Wildman–Crippen LogP) is 2.12. The first-order valence-electron chi connectivity index (χ1n) is 6.74. The van der Waals surface area contributed by atoms with E-state index in [-0.39, 0.29) is 6.54 Å². The Labute approximate surface area is 107 Å². The molecule has 1 N–H and O–H groups in total. The second-order valence-electron chi connectivity index (χ2n) is 5.63. The molecule has 1 saturated carbocycles. The number of carbonyl (C=O) groups is 1. The number of hydrogen-bond acceptors (Lipinski definition) is 2. The van der Waals surface area contributed by atoms with Crippen LogP contribution in [0.2, 0.25) is 0 Å². The van der Waals surface area contributed by atoms with Crippen LogP contribution in [0.3, 0.4) is 0 Å². The number of carboxylic acid groups (broad SMARTS) is 1. The second-order valence-corrected chi connectivity index (χ2v) is 5.63. The maximum absolute atomic E-state index is 10.9. The van der Waals surface area contributed by atoms with Gasteiger partial charge in [0.1, 0.15) is 0 Å². The lowest BCUT2D eigenvalue weighted by molar-refractivity contribution is -0.138. The van der Waals surface area contributed by atoms with E-state index < -0.39 is 5.97 Å². The van der Waals surface area contributed by atoms with Gasteiger partial charge in [0.25, 0.3) is 0 Å². The Bertz CT molecular complexity index is 454. The van der Waals surface area contributed by atoms with Crippen LogP contribution in [0, 0.1) is 5.92 Å². The number of aliphatic carboxylic acids is 1. The fraction of sp³-hybridized carbons (Fsp3) is 0.533. The molecule has 0 heterocycles. The summed E-state index contributed by atoms with van der Waals surface area (Å²) in [5.74, 6) is 0.585. The number of hydrogen-bond donors (Lipinski definition) is 1.